The zero-order valence-electron chi connectivity index (χ0n) is 16.0. The number of rotatable bonds is 6. The van der Waals surface area contributed by atoms with Gasteiger partial charge in [-0.05, 0) is 25.0 Å². The molecule has 0 bridgehead atoms. The summed E-state index contributed by atoms with van der Waals surface area (Å²) in [6.07, 6.45) is 5.51. The second-order valence-electron chi connectivity index (χ2n) is 6.70. The first-order chi connectivity index (χ1) is 14.2. The van der Waals surface area contributed by atoms with Gasteiger partial charge in [-0.15, -0.1) is 0 Å². The number of hydrogen-bond acceptors (Lipinski definition) is 8. The third-order valence-electron chi connectivity index (χ3n) is 4.81. The number of carbonyl (C=O) groups excluding carboxylic acids is 2. The molecule has 1 amide bonds. The van der Waals surface area contributed by atoms with Gasteiger partial charge in [0.25, 0.3) is 5.91 Å². The van der Waals surface area contributed by atoms with Crippen molar-refractivity contribution < 1.29 is 23.8 Å². The number of aromatic nitrogens is 2. The highest BCUT2D eigenvalue weighted by Gasteiger charge is 2.30. The topological polar surface area (TPSA) is 99.6 Å². The minimum atomic E-state index is -0.355. The van der Waals surface area contributed by atoms with Crippen LogP contribution in [-0.2, 0) is 9.47 Å². The molecule has 29 heavy (non-hydrogen) atoms. The summed E-state index contributed by atoms with van der Waals surface area (Å²) in [7, 11) is 1.51. The molecule has 2 aliphatic rings. The van der Waals surface area contributed by atoms with Crippen LogP contribution in [0.25, 0.3) is 5.76 Å². The number of ether oxygens (including phenoxy) is 3. The number of methoxy groups -OCH3 is 1. The van der Waals surface area contributed by atoms with Crippen LogP contribution >= 0.6 is 11.3 Å². The maximum Gasteiger partial charge on any atom is 0.259 e. The Bertz CT molecular complexity index is 932. The number of carbonyl (C=O) groups is 2. The molecule has 0 saturated carbocycles. The van der Waals surface area contributed by atoms with Crippen molar-refractivity contribution in [2.75, 3.05) is 32.2 Å². The van der Waals surface area contributed by atoms with Gasteiger partial charge < -0.3 is 14.2 Å². The first-order valence-corrected chi connectivity index (χ1v) is 10.2. The van der Waals surface area contributed by atoms with E-state index in [0.717, 1.165) is 6.42 Å². The van der Waals surface area contributed by atoms with E-state index in [0.29, 0.717) is 65.6 Å². The summed E-state index contributed by atoms with van der Waals surface area (Å²) in [6, 6.07) is 3.23. The summed E-state index contributed by atoms with van der Waals surface area (Å²) in [6.45, 7) is 1.73. The maximum absolute atomic E-state index is 13.1. The highest BCUT2D eigenvalue weighted by atomic mass is 32.1. The average molecular weight is 415 g/mol. The largest absolute Gasteiger partial charge is 0.491 e. The van der Waals surface area contributed by atoms with E-state index < -0.39 is 0 Å². The van der Waals surface area contributed by atoms with Crippen LogP contribution in [0.5, 0.6) is 5.88 Å². The van der Waals surface area contributed by atoms with Crippen LogP contribution in [0.2, 0.25) is 0 Å². The minimum absolute atomic E-state index is 0.0313. The van der Waals surface area contributed by atoms with E-state index in [4.69, 9.17) is 14.2 Å². The number of thiazole rings is 1. The van der Waals surface area contributed by atoms with Gasteiger partial charge in [-0.2, -0.15) is 0 Å². The van der Waals surface area contributed by atoms with Crippen LogP contribution in [0.1, 0.15) is 45.0 Å². The fraction of sp³-hybridized carbons (Fsp3) is 0.400. The first-order valence-electron chi connectivity index (χ1n) is 9.43. The normalized spacial score (nSPS) is 16.8. The first kappa shape index (κ1) is 19.5. The molecule has 0 atom stereocenters. The van der Waals surface area contributed by atoms with E-state index >= 15 is 0 Å². The molecule has 2 aromatic heterocycles. The second kappa shape index (κ2) is 8.71. The van der Waals surface area contributed by atoms with Gasteiger partial charge in [-0.3, -0.25) is 14.9 Å². The molecule has 2 aliphatic heterocycles. The summed E-state index contributed by atoms with van der Waals surface area (Å²) < 4.78 is 16.0. The average Bonchev–Trinajstić information content (AvgIpc) is 3.44. The lowest BCUT2D eigenvalue weighted by Crippen LogP contribution is -2.23. The third kappa shape index (κ3) is 4.30. The molecule has 152 valence electrons. The quantitative estimate of drug-likeness (QED) is 0.724. The molecule has 0 unspecified atom stereocenters. The standard InChI is InChI=1S/C20H21N3O5S/c1-26-15-5-4-13(11-21-15)19(25)23-20-22-16(14-3-2-8-28-14)18(29-20)17(24)12-6-9-27-10-7-12/h3-5,11-12H,2,6-10H2,1H3,(H,22,23,25). The molecule has 8 nitrogen and oxygen atoms in total. The molecule has 0 spiro atoms. The molecular weight excluding hydrogens is 394 g/mol. The number of nitrogens with one attached hydrogen (secondary N) is 1. The minimum Gasteiger partial charge on any atom is -0.491 e. The van der Waals surface area contributed by atoms with Crippen LogP contribution in [0, 0.1) is 5.92 Å². The second-order valence-corrected chi connectivity index (χ2v) is 7.70. The predicted octanol–water partition coefficient (Wildman–Crippen LogP) is 3.17. The Balaban J connectivity index is 1.58. The summed E-state index contributed by atoms with van der Waals surface area (Å²) in [4.78, 5) is 34.7. The zero-order valence-corrected chi connectivity index (χ0v) is 16.8. The lowest BCUT2D eigenvalue weighted by atomic mass is 9.94. The van der Waals surface area contributed by atoms with Crippen molar-refractivity contribution >= 4 is 33.9 Å². The maximum atomic E-state index is 13.1. The molecule has 0 aromatic carbocycles. The van der Waals surface area contributed by atoms with Crippen LogP contribution in [0.15, 0.2) is 24.4 Å². The molecule has 2 aromatic rings. The van der Waals surface area contributed by atoms with Crippen LogP contribution in [0.4, 0.5) is 5.13 Å². The molecular formula is C20H21N3O5S. The number of hydrogen-bond donors (Lipinski definition) is 1. The van der Waals surface area contributed by atoms with Gasteiger partial charge in [0.05, 0.1) is 19.3 Å². The Kier molecular flexibility index (Phi) is 5.86. The SMILES string of the molecule is COc1ccc(C(=O)Nc2nc(C3=CCCO3)c(C(=O)C3CCOCC3)s2)cn1. The fourth-order valence-electron chi connectivity index (χ4n) is 3.24. The number of nitrogens with zero attached hydrogens (tertiary/aromatic N) is 2. The Hall–Kier alpha value is -2.78. The van der Waals surface area contributed by atoms with E-state index in [-0.39, 0.29) is 17.6 Å². The smallest absolute Gasteiger partial charge is 0.259 e. The van der Waals surface area contributed by atoms with Crippen LogP contribution in [0.3, 0.4) is 0 Å². The monoisotopic (exact) mass is 415 g/mol. The highest BCUT2D eigenvalue weighted by molar-refractivity contribution is 7.18. The summed E-state index contributed by atoms with van der Waals surface area (Å²) in [5, 5.41) is 3.12. The van der Waals surface area contributed by atoms with Gasteiger partial charge >= 0.3 is 0 Å². The van der Waals surface area contributed by atoms with Gasteiger partial charge in [-0.1, -0.05) is 11.3 Å². The number of ketones is 1. The van der Waals surface area contributed by atoms with Crippen molar-refractivity contribution in [1.29, 1.82) is 0 Å². The molecule has 1 fully saturated rings. The van der Waals surface area contributed by atoms with E-state index in [1.165, 1.54) is 24.6 Å². The zero-order chi connectivity index (χ0) is 20.2. The predicted molar refractivity (Wildman–Crippen MR) is 107 cm³/mol. The number of anilines is 1. The van der Waals surface area contributed by atoms with Crippen molar-refractivity contribution in [2.24, 2.45) is 5.92 Å². The van der Waals surface area contributed by atoms with Crippen molar-refractivity contribution in [3.05, 3.63) is 40.5 Å². The van der Waals surface area contributed by atoms with Crippen molar-refractivity contribution in [2.45, 2.75) is 19.3 Å². The molecule has 4 heterocycles. The molecule has 9 heteroatoms. The highest BCUT2D eigenvalue weighted by Crippen LogP contribution is 2.34. The van der Waals surface area contributed by atoms with E-state index in [9.17, 15) is 9.59 Å². The lowest BCUT2D eigenvalue weighted by molar-refractivity contribution is 0.0547. The number of Topliss-reactive ketones (excluding diaryl/α,β-unsaturated/α-hetero) is 1. The van der Waals surface area contributed by atoms with Gasteiger partial charge in [0.15, 0.2) is 10.9 Å². The van der Waals surface area contributed by atoms with E-state index in [2.05, 4.69) is 15.3 Å². The molecule has 1 N–H and O–H groups in total. The van der Waals surface area contributed by atoms with Gasteiger partial charge in [-0.25, -0.2) is 9.97 Å². The van der Waals surface area contributed by atoms with Gasteiger partial charge in [0, 0.05) is 37.8 Å². The Labute approximate surface area is 171 Å². The van der Waals surface area contributed by atoms with E-state index in [1.54, 1.807) is 12.1 Å². The summed E-state index contributed by atoms with van der Waals surface area (Å²) in [5.74, 6) is 0.603. The molecule has 0 radical (unpaired) electrons. The van der Waals surface area contributed by atoms with Crippen molar-refractivity contribution in [1.82, 2.24) is 9.97 Å². The molecule has 1 saturated heterocycles. The molecule has 4 rings (SSSR count). The van der Waals surface area contributed by atoms with Crippen molar-refractivity contribution in [3.8, 4) is 5.88 Å². The summed E-state index contributed by atoms with van der Waals surface area (Å²) >= 11 is 1.18. The Morgan fingerprint density at radius 2 is 2.07 bits per heavy atom. The van der Waals surface area contributed by atoms with E-state index in [1.807, 2.05) is 6.08 Å². The Morgan fingerprint density at radius 3 is 2.72 bits per heavy atom. The number of amides is 1. The van der Waals surface area contributed by atoms with Crippen LogP contribution in [-0.4, -0.2) is 48.6 Å². The third-order valence-corrected chi connectivity index (χ3v) is 5.80. The lowest BCUT2D eigenvalue weighted by Gasteiger charge is -2.20. The van der Waals surface area contributed by atoms with Crippen molar-refractivity contribution in [3.63, 3.8) is 0 Å². The Morgan fingerprint density at radius 1 is 1.24 bits per heavy atom. The number of pyridine rings is 1. The summed E-state index contributed by atoms with van der Waals surface area (Å²) in [5.41, 5.74) is 0.878. The fourth-order valence-corrected chi connectivity index (χ4v) is 4.22. The van der Waals surface area contributed by atoms with Gasteiger partial charge in [0.1, 0.15) is 16.3 Å². The molecule has 0 aliphatic carbocycles. The van der Waals surface area contributed by atoms with Gasteiger partial charge in [0.2, 0.25) is 5.88 Å². The van der Waals surface area contributed by atoms with Crippen LogP contribution < -0.4 is 10.1 Å².